The van der Waals surface area contributed by atoms with Crippen molar-refractivity contribution in [3.05, 3.63) is 22.1 Å². The molecule has 0 fully saturated rings. The van der Waals surface area contributed by atoms with Crippen LogP contribution in [0.2, 0.25) is 0 Å². The summed E-state index contributed by atoms with van der Waals surface area (Å²) in [6, 6.07) is 0. The maximum atomic E-state index is 11.4. The van der Waals surface area contributed by atoms with Gasteiger partial charge in [0.05, 0.1) is 6.54 Å². The van der Waals surface area contributed by atoms with Crippen molar-refractivity contribution in [3.63, 3.8) is 0 Å². The number of nitrogens with zero attached hydrogens (tertiary/aromatic N) is 4. The van der Waals surface area contributed by atoms with Gasteiger partial charge in [-0.1, -0.05) is 0 Å². The Balaban J connectivity index is 2.22. The molecule has 1 aromatic heterocycles. The maximum Gasteiger partial charge on any atom is 0.363 e. The van der Waals surface area contributed by atoms with E-state index in [1.165, 1.54) is 11.7 Å². The van der Waals surface area contributed by atoms with Crippen LogP contribution in [0.25, 0.3) is 0 Å². The Hall–Kier alpha value is -1.72. The molecule has 79 valence electrons. The van der Waals surface area contributed by atoms with Gasteiger partial charge in [-0.15, -0.1) is 0 Å². The molecule has 0 aromatic carbocycles. The van der Waals surface area contributed by atoms with Crippen LogP contribution in [0.15, 0.2) is 10.4 Å². The summed E-state index contributed by atoms with van der Waals surface area (Å²) in [7, 11) is 1.52. The summed E-state index contributed by atoms with van der Waals surface area (Å²) < 4.78 is 2.30. The summed E-state index contributed by atoms with van der Waals surface area (Å²) in [5, 5.41) is 7.22. The molecule has 0 N–H and O–H groups in total. The Kier molecular flexibility index (Phi) is 2.49. The van der Waals surface area contributed by atoms with E-state index in [2.05, 4.69) is 16.5 Å². The third kappa shape index (κ3) is 1.88. The van der Waals surface area contributed by atoms with Gasteiger partial charge in [0, 0.05) is 19.0 Å². The lowest BCUT2D eigenvalue weighted by Crippen LogP contribution is -2.26. The molecule has 0 atom stereocenters. The number of ketones is 1. The number of carbonyl (C=O) groups is 1. The maximum absolute atomic E-state index is 11.4. The first-order valence-electron chi connectivity index (χ1n) is 4.78. The van der Waals surface area contributed by atoms with Crippen LogP contribution < -0.4 is 5.69 Å². The van der Waals surface area contributed by atoms with Crippen LogP contribution in [0, 0.1) is 6.08 Å². The van der Waals surface area contributed by atoms with E-state index in [0.717, 1.165) is 17.5 Å². The molecular weight excluding hydrogens is 196 g/mol. The average Bonchev–Trinajstić information content (AvgIpc) is 2.53. The summed E-state index contributed by atoms with van der Waals surface area (Å²) in [5.41, 5.74) is 0.228. The standard InChI is InChI=1S/C9H11N4O2/c1-12-9(15)13(11-10-12)6-7-4-2-3-5-8(7)14/h2-3,5-6H2,1H3. The second kappa shape index (κ2) is 3.80. The minimum Gasteiger partial charge on any atom is -0.294 e. The molecule has 0 bridgehead atoms. The Labute approximate surface area is 86.2 Å². The van der Waals surface area contributed by atoms with Crippen molar-refractivity contribution in [2.75, 3.05) is 0 Å². The molecule has 0 aliphatic heterocycles. The van der Waals surface area contributed by atoms with E-state index in [1.54, 1.807) is 0 Å². The molecule has 0 spiro atoms. The Morgan fingerprint density at radius 3 is 2.80 bits per heavy atom. The van der Waals surface area contributed by atoms with E-state index in [4.69, 9.17) is 0 Å². The number of aryl methyl sites for hydroxylation is 1. The molecule has 1 radical (unpaired) electrons. The lowest BCUT2D eigenvalue weighted by Gasteiger charge is -2.09. The molecule has 15 heavy (non-hydrogen) atoms. The van der Waals surface area contributed by atoms with E-state index in [9.17, 15) is 9.59 Å². The molecular formula is C9H11N4O2. The van der Waals surface area contributed by atoms with Gasteiger partial charge in [0.15, 0.2) is 5.78 Å². The normalized spacial score (nSPS) is 16.6. The smallest absolute Gasteiger partial charge is 0.294 e. The highest BCUT2D eigenvalue weighted by molar-refractivity contribution is 5.95. The van der Waals surface area contributed by atoms with Gasteiger partial charge in [-0.2, -0.15) is 9.36 Å². The van der Waals surface area contributed by atoms with Crippen molar-refractivity contribution in [1.29, 1.82) is 0 Å². The third-order valence-electron chi connectivity index (χ3n) is 2.34. The fourth-order valence-corrected chi connectivity index (χ4v) is 1.48. The van der Waals surface area contributed by atoms with E-state index in [1.807, 2.05) is 0 Å². The molecule has 0 amide bonds. The van der Waals surface area contributed by atoms with Gasteiger partial charge in [0.25, 0.3) is 0 Å². The number of hydrogen-bond acceptors (Lipinski definition) is 4. The van der Waals surface area contributed by atoms with Gasteiger partial charge in [-0.05, 0) is 29.3 Å². The minimum atomic E-state index is -0.317. The first-order valence-corrected chi connectivity index (χ1v) is 4.78. The molecule has 1 aliphatic rings. The SMILES string of the molecule is Cn1nnn(CC2=[C]CCCC2=O)c1=O. The first kappa shape index (κ1) is 9.82. The van der Waals surface area contributed by atoms with E-state index < -0.39 is 0 Å². The summed E-state index contributed by atoms with van der Waals surface area (Å²) in [6.45, 7) is 0.186. The summed E-state index contributed by atoms with van der Waals surface area (Å²) in [5.74, 6) is 0.0544. The quantitative estimate of drug-likeness (QED) is 0.653. The monoisotopic (exact) mass is 207 g/mol. The molecule has 1 aliphatic carbocycles. The topological polar surface area (TPSA) is 69.8 Å². The predicted octanol–water partition coefficient (Wildman–Crippen LogP) is -0.541. The minimum absolute atomic E-state index is 0.0544. The number of Topliss-reactive ketones (excluding diaryl/α,β-unsaturated/α-hetero) is 1. The van der Waals surface area contributed by atoms with Crippen LogP contribution in [0.4, 0.5) is 0 Å². The molecule has 6 nitrogen and oxygen atoms in total. The Morgan fingerprint density at radius 2 is 2.20 bits per heavy atom. The van der Waals surface area contributed by atoms with E-state index >= 15 is 0 Å². The van der Waals surface area contributed by atoms with Gasteiger partial charge >= 0.3 is 5.69 Å². The summed E-state index contributed by atoms with van der Waals surface area (Å²) in [6.07, 6.45) is 5.14. The fraction of sp³-hybridized carbons (Fsp3) is 0.556. The first-order chi connectivity index (χ1) is 7.18. The van der Waals surface area contributed by atoms with Gasteiger partial charge in [-0.25, -0.2) is 4.79 Å². The molecule has 2 rings (SSSR count). The van der Waals surface area contributed by atoms with Crippen molar-refractivity contribution in [1.82, 2.24) is 19.8 Å². The van der Waals surface area contributed by atoms with Crippen LogP contribution in [-0.4, -0.2) is 25.6 Å². The van der Waals surface area contributed by atoms with Crippen molar-refractivity contribution in [3.8, 4) is 0 Å². The average molecular weight is 207 g/mol. The molecule has 1 heterocycles. The van der Waals surface area contributed by atoms with E-state index in [0.29, 0.717) is 12.0 Å². The second-order valence-electron chi connectivity index (χ2n) is 3.47. The van der Waals surface area contributed by atoms with Gasteiger partial charge < -0.3 is 0 Å². The predicted molar refractivity (Wildman–Crippen MR) is 50.9 cm³/mol. The van der Waals surface area contributed by atoms with Crippen LogP contribution in [0.5, 0.6) is 0 Å². The number of aromatic nitrogens is 4. The van der Waals surface area contributed by atoms with Crippen LogP contribution >= 0.6 is 0 Å². The summed E-state index contributed by atoms with van der Waals surface area (Å²) in [4.78, 5) is 22.8. The molecule has 0 saturated carbocycles. The third-order valence-corrected chi connectivity index (χ3v) is 2.34. The van der Waals surface area contributed by atoms with Gasteiger partial charge in [0.2, 0.25) is 0 Å². The van der Waals surface area contributed by atoms with Gasteiger partial charge in [0.1, 0.15) is 0 Å². The van der Waals surface area contributed by atoms with Crippen molar-refractivity contribution in [2.24, 2.45) is 7.05 Å². The lowest BCUT2D eigenvalue weighted by molar-refractivity contribution is -0.116. The molecule has 1 aromatic rings. The fourth-order valence-electron chi connectivity index (χ4n) is 1.48. The number of hydrogen-bond donors (Lipinski definition) is 0. The zero-order chi connectivity index (χ0) is 10.8. The zero-order valence-electron chi connectivity index (χ0n) is 8.43. The van der Waals surface area contributed by atoms with Crippen molar-refractivity contribution < 1.29 is 4.79 Å². The number of rotatable bonds is 2. The lowest BCUT2D eigenvalue weighted by atomic mass is 9.98. The van der Waals surface area contributed by atoms with Crippen LogP contribution in [-0.2, 0) is 18.4 Å². The van der Waals surface area contributed by atoms with E-state index in [-0.39, 0.29) is 18.0 Å². The highest BCUT2D eigenvalue weighted by Gasteiger charge is 2.16. The Morgan fingerprint density at radius 1 is 1.40 bits per heavy atom. The van der Waals surface area contributed by atoms with Crippen molar-refractivity contribution >= 4 is 5.78 Å². The highest BCUT2D eigenvalue weighted by atomic mass is 16.2. The molecule has 0 unspecified atom stereocenters. The van der Waals surface area contributed by atoms with Crippen LogP contribution in [0.3, 0.4) is 0 Å². The highest BCUT2D eigenvalue weighted by Crippen LogP contribution is 2.13. The van der Waals surface area contributed by atoms with Crippen molar-refractivity contribution in [2.45, 2.75) is 25.8 Å². The largest absolute Gasteiger partial charge is 0.363 e. The molecule has 0 saturated heterocycles. The Bertz CT molecular complexity index is 469. The number of allylic oxidation sites excluding steroid dienone is 2. The zero-order valence-corrected chi connectivity index (χ0v) is 8.43. The second-order valence-corrected chi connectivity index (χ2v) is 3.47. The number of carbonyl (C=O) groups excluding carboxylic acids is 1. The number of tetrazole rings is 1. The summed E-state index contributed by atoms with van der Waals surface area (Å²) >= 11 is 0. The molecule has 6 heteroatoms. The van der Waals surface area contributed by atoms with Crippen LogP contribution in [0.1, 0.15) is 19.3 Å². The van der Waals surface area contributed by atoms with Gasteiger partial charge in [-0.3, -0.25) is 4.79 Å².